The number of carbonyl (C=O) groups is 1. The van der Waals surface area contributed by atoms with Crippen LogP contribution >= 0.6 is 0 Å². The highest BCUT2D eigenvalue weighted by Crippen LogP contribution is 2.69. The van der Waals surface area contributed by atoms with Gasteiger partial charge in [0.05, 0.1) is 0 Å². The van der Waals surface area contributed by atoms with Gasteiger partial charge in [-0.3, -0.25) is 4.79 Å². The second-order valence-corrected chi connectivity index (χ2v) is 9.10. The fraction of sp³-hybridized carbons (Fsp3) is 0.947. The molecule has 4 rings (SSSR count). The maximum Gasteiger partial charge on any atom is 0.139 e. The predicted octanol–water partition coefficient (Wildman–Crippen LogP) is 4.22. The maximum absolute atomic E-state index is 12.5. The first-order chi connectivity index (χ1) is 9.91. The van der Waals surface area contributed by atoms with Gasteiger partial charge in [-0.25, -0.2) is 0 Å². The number of fused-ring (bicyclic) bond motifs is 5. The first-order valence-electron chi connectivity index (χ1n) is 9.02. The third-order valence-electron chi connectivity index (χ3n) is 8.47. The number of rotatable bonds is 0. The van der Waals surface area contributed by atoms with Crippen LogP contribution in [0.3, 0.4) is 0 Å². The highest BCUT2D eigenvalue weighted by molar-refractivity contribution is 5.87. The smallest absolute Gasteiger partial charge is 0.139 e. The Morgan fingerprint density at radius 1 is 0.952 bits per heavy atom. The van der Waals surface area contributed by atoms with Crippen molar-refractivity contribution in [3.63, 3.8) is 0 Å². The van der Waals surface area contributed by atoms with E-state index in [0.29, 0.717) is 22.5 Å². The van der Waals surface area contributed by atoms with E-state index in [4.69, 9.17) is 4.74 Å². The number of hydrogen-bond donors (Lipinski definition) is 0. The molecule has 0 bridgehead atoms. The molecule has 6 atom stereocenters. The zero-order chi connectivity index (χ0) is 14.9. The van der Waals surface area contributed by atoms with Crippen LogP contribution in [0, 0.1) is 34.0 Å². The summed E-state index contributed by atoms with van der Waals surface area (Å²) in [5.41, 5.74) is 0.847. The molecule has 4 aliphatic rings. The summed E-state index contributed by atoms with van der Waals surface area (Å²) in [6, 6.07) is 0. The molecule has 2 nitrogen and oxygen atoms in total. The van der Waals surface area contributed by atoms with Gasteiger partial charge >= 0.3 is 0 Å². The van der Waals surface area contributed by atoms with Crippen molar-refractivity contribution in [3.05, 3.63) is 0 Å². The second-order valence-electron chi connectivity index (χ2n) is 9.10. The Labute approximate surface area is 129 Å². The van der Waals surface area contributed by atoms with E-state index < -0.39 is 0 Å². The largest absolute Gasteiger partial charge is 0.381 e. The average molecular weight is 290 g/mol. The molecule has 0 spiro atoms. The summed E-state index contributed by atoms with van der Waals surface area (Å²) in [6.07, 6.45) is 8.25. The predicted molar refractivity (Wildman–Crippen MR) is 82.9 cm³/mol. The Morgan fingerprint density at radius 3 is 2.57 bits per heavy atom. The molecule has 1 aliphatic heterocycles. The molecule has 4 fully saturated rings. The van der Waals surface area contributed by atoms with Crippen LogP contribution in [0.1, 0.15) is 65.7 Å². The van der Waals surface area contributed by atoms with Gasteiger partial charge in [0.2, 0.25) is 0 Å². The van der Waals surface area contributed by atoms with Crippen LogP contribution in [-0.4, -0.2) is 19.0 Å². The molecule has 3 aliphatic carbocycles. The van der Waals surface area contributed by atoms with E-state index in [1.54, 1.807) is 0 Å². The molecule has 21 heavy (non-hydrogen) atoms. The third kappa shape index (κ3) is 1.66. The minimum absolute atomic E-state index is 0.000383. The number of carbonyl (C=O) groups excluding carboxylic acids is 1. The van der Waals surface area contributed by atoms with E-state index in [0.717, 1.165) is 44.3 Å². The maximum atomic E-state index is 12.5. The highest BCUT2D eigenvalue weighted by Gasteiger charge is 2.64. The molecule has 0 aromatic rings. The Kier molecular flexibility index (Phi) is 2.94. The van der Waals surface area contributed by atoms with Crippen LogP contribution in [0.5, 0.6) is 0 Å². The summed E-state index contributed by atoms with van der Waals surface area (Å²) >= 11 is 0. The molecule has 1 saturated heterocycles. The van der Waals surface area contributed by atoms with E-state index >= 15 is 0 Å². The monoisotopic (exact) mass is 290 g/mol. The van der Waals surface area contributed by atoms with Crippen molar-refractivity contribution in [1.82, 2.24) is 0 Å². The number of ketones is 1. The molecule has 1 heterocycles. The lowest BCUT2D eigenvalue weighted by molar-refractivity contribution is -0.185. The summed E-state index contributed by atoms with van der Waals surface area (Å²) in [5, 5.41) is 0. The van der Waals surface area contributed by atoms with Crippen LogP contribution in [0.25, 0.3) is 0 Å². The van der Waals surface area contributed by atoms with E-state index in [9.17, 15) is 4.79 Å². The van der Waals surface area contributed by atoms with Gasteiger partial charge in [-0.1, -0.05) is 20.8 Å². The molecule has 0 unspecified atom stereocenters. The van der Waals surface area contributed by atoms with Crippen molar-refractivity contribution in [1.29, 1.82) is 0 Å². The Hall–Kier alpha value is -0.370. The molecule has 0 aromatic heterocycles. The van der Waals surface area contributed by atoms with Crippen molar-refractivity contribution in [2.45, 2.75) is 65.7 Å². The number of hydrogen-bond acceptors (Lipinski definition) is 2. The van der Waals surface area contributed by atoms with E-state index in [2.05, 4.69) is 20.8 Å². The van der Waals surface area contributed by atoms with Gasteiger partial charge in [-0.05, 0) is 67.1 Å². The fourth-order valence-electron chi connectivity index (χ4n) is 7.16. The third-order valence-corrected chi connectivity index (χ3v) is 8.47. The van der Waals surface area contributed by atoms with Crippen molar-refractivity contribution in [3.8, 4) is 0 Å². The summed E-state index contributed by atoms with van der Waals surface area (Å²) in [5.74, 6) is 2.76. The minimum Gasteiger partial charge on any atom is -0.381 e. The van der Waals surface area contributed by atoms with Gasteiger partial charge in [-0.2, -0.15) is 0 Å². The zero-order valence-corrected chi connectivity index (χ0v) is 13.9. The van der Waals surface area contributed by atoms with Crippen LogP contribution in [0.4, 0.5) is 0 Å². The van der Waals surface area contributed by atoms with E-state index in [1.165, 1.54) is 25.7 Å². The standard InChI is InChI=1S/C19H30O2/c1-17-10-11-21-12-13(17)6-8-18(2)14-4-5-16(20)19(14,3)9-7-15(17)18/h13-15H,4-12H2,1-3H3/t13-,14-,15+,17-,18-,19-/m0/s1. The molecule has 2 heteroatoms. The quantitative estimate of drug-likeness (QED) is 0.667. The Balaban J connectivity index is 1.73. The second kappa shape index (κ2) is 4.34. The Morgan fingerprint density at radius 2 is 1.76 bits per heavy atom. The van der Waals surface area contributed by atoms with Crippen LogP contribution in [0.2, 0.25) is 0 Å². The minimum atomic E-state index is -0.000383. The van der Waals surface area contributed by atoms with Crippen LogP contribution < -0.4 is 0 Å². The van der Waals surface area contributed by atoms with E-state index in [1.807, 2.05) is 0 Å². The van der Waals surface area contributed by atoms with Crippen molar-refractivity contribution >= 4 is 5.78 Å². The average Bonchev–Trinajstić information content (AvgIpc) is 2.75. The lowest BCUT2D eigenvalue weighted by Crippen LogP contribution is -2.59. The zero-order valence-electron chi connectivity index (χ0n) is 13.9. The van der Waals surface area contributed by atoms with Crippen molar-refractivity contribution in [2.24, 2.45) is 34.0 Å². The fourth-order valence-corrected chi connectivity index (χ4v) is 7.16. The number of ether oxygens (including phenoxy) is 1. The molecular weight excluding hydrogens is 260 g/mol. The molecule has 3 saturated carbocycles. The van der Waals surface area contributed by atoms with Gasteiger partial charge in [-0.15, -0.1) is 0 Å². The van der Waals surface area contributed by atoms with Gasteiger partial charge in [0.15, 0.2) is 0 Å². The molecule has 0 amide bonds. The van der Waals surface area contributed by atoms with Crippen molar-refractivity contribution < 1.29 is 9.53 Å². The Bertz CT molecular complexity index is 472. The van der Waals surface area contributed by atoms with Crippen LogP contribution in [-0.2, 0) is 9.53 Å². The first kappa shape index (κ1) is 14.2. The SMILES string of the molecule is C[C@]12CCOC[C@@H]1CC[C@]1(C)[C@@H]2CC[C@]2(C)C(=O)CC[C@@H]12. The number of Topliss-reactive ketones (excluding diaryl/α,β-unsaturated/α-hetero) is 1. The van der Waals surface area contributed by atoms with Gasteiger partial charge < -0.3 is 4.74 Å². The molecule has 118 valence electrons. The lowest BCUT2D eigenvalue weighted by atomic mass is 9.41. The van der Waals surface area contributed by atoms with Crippen LogP contribution in [0.15, 0.2) is 0 Å². The van der Waals surface area contributed by atoms with Gasteiger partial charge in [0.25, 0.3) is 0 Å². The summed E-state index contributed by atoms with van der Waals surface area (Å²) < 4.78 is 5.79. The topological polar surface area (TPSA) is 26.3 Å². The van der Waals surface area contributed by atoms with Gasteiger partial charge in [0, 0.05) is 25.0 Å². The summed E-state index contributed by atoms with van der Waals surface area (Å²) in [6.45, 7) is 9.29. The molecule has 0 N–H and O–H groups in total. The van der Waals surface area contributed by atoms with Gasteiger partial charge in [0.1, 0.15) is 5.78 Å². The highest BCUT2D eigenvalue weighted by atomic mass is 16.5. The summed E-state index contributed by atoms with van der Waals surface area (Å²) in [4.78, 5) is 12.5. The van der Waals surface area contributed by atoms with E-state index in [-0.39, 0.29) is 5.41 Å². The van der Waals surface area contributed by atoms with Crippen molar-refractivity contribution in [2.75, 3.05) is 13.2 Å². The first-order valence-corrected chi connectivity index (χ1v) is 9.02. The lowest BCUT2D eigenvalue weighted by Gasteiger charge is -2.64. The molecular formula is C19H30O2. The normalized spacial score (nSPS) is 56.5. The molecule has 0 radical (unpaired) electrons. The summed E-state index contributed by atoms with van der Waals surface area (Å²) in [7, 11) is 0. The molecule has 0 aromatic carbocycles.